The Kier molecular flexibility index (Phi) is 10.5. The number of carbonyl (C=O) groups excluding carboxylic acids is 4. The smallest absolute Gasteiger partial charge is 0.313 e. The monoisotopic (exact) mass is 663 g/mol. The highest BCUT2D eigenvalue weighted by atomic mass is 35.5. The minimum absolute atomic E-state index is 0.116. The zero-order chi connectivity index (χ0) is 33.9. The normalized spacial score (nSPS) is 25.5. The summed E-state index contributed by atoms with van der Waals surface area (Å²) in [6.07, 6.45) is 3.38. The number of β-amino-alcohol motifs (C(OH)–C–C–N with tert-alkyl or cyclic N) is 1. The van der Waals surface area contributed by atoms with E-state index in [1.54, 1.807) is 48.4 Å². The number of nitrogens with zero attached hydrogens (tertiary/aromatic N) is 3. The molecular weight excluding hydrogens is 622 g/mol. The van der Waals surface area contributed by atoms with Crippen molar-refractivity contribution in [3.8, 4) is 0 Å². The Morgan fingerprint density at radius 1 is 1.15 bits per heavy atom. The largest absolute Gasteiger partial charge is 0.455 e. The number of ether oxygens (including phenoxy) is 2. The number of fused-ring (bicyclic) bond motifs is 1. The van der Waals surface area contributed by atoms with Gasteiger partial charge >= 0.3 is 5.97 Å². The number of benzene rings is 2. The zero-order valence-corrected chi connectivity index (χ0v) is 27.6. The fraction of sp³-hybridized carbons (Fsp3) is 0.444. The maximum absolute atomic E-state index is 14.5. The lowest BCUT2D eigenvalue weighted by molar-refractivity contribution is -0.164. The molecule has 3 heterocycles. The molecule has 3 fully saturated rings. The van der Waals surface area contributed by atoms with Crippen molar-refractivity contribution in [1.82, 2.24) is 9.80 Å². The van der Waals surface area contributed by atoms with Crippen LogP contribution in [0.4, 0.5) is 5.69 Å². The number of carbonyl (C=O) groups is 4. The second-order valence-electron chi connectivity index (χ2n) is 12.3. The van der Waals surface area contributed by atoms with Crippen molar-refractivity contribution in [2.75, 3.05) is 31.6 Å². The first-order valence-electron chi connectivity index (χ1n) is 16.0. The fourth-order valence-electron chi connectivity index (χ4n) is 7.43. The Hall–Kier alpha value is -3.99. The summed E-state index contributed by atoms with van der Waals surface area (Å²) in [6, 6.07) is 14.4. The minimum atomic E-state index is -1.30. The third-order valence-corrected chi connectivity index (χ3v) is 10.1. The predicted molar refractivity (Wildman–Crippen MR) is 177 cm³/mol. The van der Waals surface area contributed by atoms with E-state index in [0.29, 0.717) is 35.5 Å². The second-order valence-corrected chi connectivity index (χ2v) is 12.7. The van der Waals surface area contributed by atoms with Crippen LogP contribution in [0.25, 0.3) is 0 Å². The van der Waals surface area contributed by atoms with Crippen LogP contribution in [0.1, 0.15) is 44.3 Å². The summed E-state index contributed by atoms with van der Waals surface area (Å²) in [6.45, 7) is 8.93. The van der Waals surface area contributed by atoms with Crippen molar-refractivity contribution in [1.29, 1.82) is 0 Å². The van der Waals surface area contributed by atoms with Crippen molar-refractivity contribution < 1.29 is 33.8 Å². The molecule has 0 aliphatic carbocycles. The van der Waals surface area contributed by atoms with Crippen molar-refractivity contribution in [3.05, 3.63) is 90.5 Å². The van der Waals surface area contributed by atoms with E-state index in [0.717, 1.165) is 0 Å². The van der Waals surface area contributed by atoms with Crippen molar-refractivity contribution in [2.45, 2.75) is 62.5 Å². The number of hydrogen-bond acceptors (Lipinski definition) is 7. The molecule has 0 aromatic heterocycles. The van der Waals surface area contributed by atoms with E-state index >= 15 is 0 Å². The molecule has 47 heavy (non-hydrogen) atoms. The van der Waals surface area contributed by atoms with Gasteiger partial charge in [0.25, 0.3) is 5.91 Å². The van der Waals surface area contributed by atoms with E-state index in [4.69, 9.17) is 21.1 Å². The number of likely N-dealkylation sites (N-methyl/N-ethyl adjacent to an activating group) is 1. The molecule has 0 radical (unpaired) electrons. The quantitative estimate of drug-likeness (QED) is 0.236. The topological polar surface area (TPSA) is 117 Å². The van der Waals surface area contributed by atoms with E-state index < -0.39 is 59.5 Å². The van der Waals surface area contributed by atoms with E-state index in [-0.39, 0.29) is 32.0 Å². The Morgan fingerprint density at radius 3 is 2.51 bits per heavy atom. The summed E-state index contributed by atoms with van der Waals surface area (Å²) in [5.74, 6) is -3.61. The van der Waals surface area contributed by atoms with Crippen LogP contribution < -0.4 is 4.90 Å². The lowest BCUT2D eigenvalue weighted by Gasteiger charge is -2.37. The van der Waals surface area contributed by atoms with Crippen LogP contribution in [0.3, 0.4) is 0 Å². The van der Waals surface area contributed by atoms with Gasteiger partial charge < -0.3 is 29.3 Å². The summed E-state index contributed by atoms with van der Waals surface area (Å²) < 4.78 is 12.8. The number of allylic oxidation sites excluding steroid dienone is 1. The average molecular weight is 664 g/mol. The molecule has 10 nitrogen and oxygen atoms in total. The molecule has 2 bridgehead atoms. The molecule has 7 atom stereocenters. The summed E-state index contributed by atoms with van der Waals surface area (Å²) in [5, 5.41) is 10.3. The lowest BCUT2D eigenvalue weighted by atomic mass is 9.70. The van der Waals surface area contributed by atoms with Gasteiger partial charge in [-0.15, -0.1) is 13.2 Å². The highest BCUT2D eigenvalue weighted by Crippen LogP contribution is 2.59. The van der Waals surface area contributed by atoms with Gasteiger partial charge in [0.15, 0.2) is 0 Å². The number of para-hydroxylation sites is 1. The maximum atomic E-state index is 14.5. The van der Waals surface area contributed by atoms with Gasteiger partial charge in [-0.1, -0.05) is 66.2 Å². The van der Waals surface area contributed by atoms with Crippen LogP contribution in [0, 0.1) is 11.8 Å². The van der Waals surface area contributed by atoms with Gasteiger partial charge in [-0.05, 0) is 43.9 Å². The molecule has 11 heteroatoms. The SMILES string of the molecule is C=CCCC(=O)N(C)[C@@H](C)[C@@H](OC(=O)[C@@H]1[C@H]2C(=O)N(CCO)[C@H](C(=O)N(CC=C)c3ccccc3Cl)[C@]23CC[C@H]1O3)c1ccccc1. The number of hydrogen-bond donors (Lipinski definition) is 1. The second kappa shape index (κ2) is 14.4. The number of likely N-dealkylation sites (tertiary alicyclic amines) is 1. The number of aliphatic hydroxyl groups is 1. The molecule has 1 spiro atoms. The van der Waals surface area contributed by atoms with Crippen LogP contribution >= 0.6 is 11.6 Å². The molecule has 2 aromatic carbocycles. The summed E-state index contributed by atoms with van der Waals surface area (Å²) in [5.41, 5.74) is -0.155. The highest BCUT2D eigenvalue weighted by Gasteiger charge is 2.75. The first-order valence-corrected chi connectivity index (χ1v) is 16.4. The molecule has 0 saturated carbocycles. The van der Waals surface area contributed by atoms with Crippen LogP contribution in [0.15, 0.2) is 79.9 Å². The molecule has 250 valence electrons. The van der Waals surface area contributed by atoms with Gasteiger partial charge in [0.05, 0.1) is 41.3 Å². The Morgan fingerprint density at radius 2 is 1.85 bits per heavy atom. The number of halogens is 1. The van der Waals surface area contributed by atoms with Gasteiger partial charge in [-0.25, -0.2) is 0 Å². The molecule has 3 amide bonds. The molecule has 3 saturated heterocycles. The van der Waals surface area contributed by atoms with E-state index in [2.05, 4.69) is 13.2 Å². The van der Waals surface area contributed by atoms with Gasteiger partial charge in [0.2, 0.25) is 11.8 Å². The van der Waals surface area contributed by atoms with Gasteiger partial charge in [0, 0.05) is 26.6 Å². The third-order valence-electron chi connectivity index (χ3n) is 9.74. The van der Waals surface area contributed by atoms with Crippen molar-refractivity contribution in [3.63, 3.8) is 0 Å². The molecule has 0 unspecified atom stereocenters. The van der Waals surface area contributed by atoms with E-state index in [9.17, 15) is 24.3 Å². The number of anilines is 1. The third kappa shape index (κ3) is 6.22. The molecule has 3 aliphatic heterocycles. The minimum Gasteiger partial charge on any atom is -0.455 e. The standard InChI is InChI=1S/C36H42ClN3O7/c1-5-7-17-28(42)38(4)23(3)31(24-13-9-8-10-14-24)46-35(45)29-27-18-19-36(47-27)30(29)33(43)40(21-22-41)32(36)34(44)39(20-6-2)26-16-12-11-15-25(26)37/h5-6,8-16,23,27,29-32,41H,1-2,7,17-22H2,3-4H3/t23-,27+,29-,30-,31+,32+,36-/m0/s1. The van der Waals surface area contributed by atoms with Gasteiger partial charge in [0.1, 0.15) is 17.7 Å². The summed E-state index contributed by atoms with van der Waals surface area (Å²) in [7, 11) is 1.67. The summed E-state index contributed by atoms with van der Waals surface area (Å²) in [4.78, 5) is 60.3. The van der Waals surface area contributed by atoms with E-state index in [1.165, 1.54) is 9.80 Å². The number of aliphatic hydroxyl groups excluding tert-OH is 1. The molecule has 5 rings (SSSR count). The van der Waals surface area contributed by atoms with Crippen molar-refractivity contribution in [2.24, 2.45) is 11.8 Å². The van der Waals surface area contributed by atoms with Gasteiger partial charge in [-0.3, -0.25) is 19.2 Å². The Bertz CT molecular complexity index is 1520. The zero-order valence-electron chi connectivity index (χ0n) is 26.8. The lowest BCUT2D eigenvalue weighted by Crippen LogP contribution is -2.57. The maximum Gasteiger partial charge on any atom is 0.313 e. The van der Waals surface area contributed by atoms with Gasteiger partial charge in [-0.2, -0.15) is 0 Å². The number of amides is 3. The van der Waals surface area contributed by atoms with E-state index in [1.807, 2.05) is 37.3 Å². The highest BCUT2D eigenvalue weighted by molar-refractivity contribution is 6.34. The predicted octanol–water partition coefficient (Wildman–Crippen LogP) is 4.32. The first kappa shape index (κ1) is 34.3. The average Bonchev–Trinajstić information content (AvgIpc) is 3.72. The van der Waals surface area contributed by atoms with Crippen molar-refractivity contribution >= 4 is 41.0 Å². The van der Waals surface area contributed by atoms with Crippen LogP contribution in [-0.2, 0) is 28.7 Å². The molecule has 3 aliphatic rings. The van der Waals surface area contributed by atoms with Crippen LogP contribution in [0.5, 0.6) is 0 Å². The molecule has 2 aromatic rings. The fourth-order valence-corrected chi connectivity index (χ4v) is 7.66. The molecule has 1 N–H and O–H groups in total. The van der Waals surface area contributed by atoms with Crippen LogP contribution in [-0.4, -0.2) is 89.1 Å². The first-order chi connectivity index (χ1) is 22.6. The molecular formula is C36H42ClN3O7. The Balaban J connectivity index is 1.48. The van der Waals surface area contributed by atoms with Crippen LogP contribution in [0.2, 0.25) is 5.02 Å². The summed E-state index contributed by atoms with van der Waals surface area (Å²) >= 11 is 6.51. The Labute approximate surface area is 280 Å². The number of esters is 1. The number of rotatable bonds is 14.